The molecule has 0 aromatic heterocycles. The summed E-state index contributed by atoms with van der Waals surface area (Å²) in [4.78, 5) is 22.6. The Hall–Kier alpha value is -2.18. The lowest BCUT2D eigenvalue weighted by Gasteiger charge is -2.09. The molecule has 18 heavy (non-hydrogen) atoms. The van der Waals surface area contributed by atoms with Crippen molar-refractivity contribution in [2.75, 3.05) is 12.3 Å². The summed E-state index contributed by atoms with van der Waals surface area (Å²) >= 11 is 0. The third-order valence-electron chi connectivity index (χ3n) is 2.44. The molecule has 1 unspecified atom stereocenters. The van der Waals surface area contributed by atoms with Crippen molar-refractivity contribution in [2.24, 2.45) is 0 Å². The van der Waals surface area contributed by atoms with Crippen LogP contribution in [0.3, 0.4) is 0 Å². The van der Waals surface area contributed by atoms with Crippen molar-refractivity contribution in [3.63, 3.8) is 0 Å². The molecule has 0 aliphatic carbocycles. The van der Waals surface area contributed by atoms with E-state index in [1.165, 1.54) is 0 Å². The van der Waals surface area contributed by atoms with E-state index in [1.807, 2.05) is 0 Å². The molecule has 1 saturated heterocycles. The fraction of sp³-hybridized carbons (Fsp3) is 0.273. The van der Waals surface area contributed by atoms with Crippen molar-refractivity contribution < 1.29 is 27.8 Å². The van der Waals surface area contributed by atoms with Crippen molar-refractivity contribution in [1.29, 1.82) is 0 Å². The van der Waals surface area contributed by atoms with Crippen molar-refractivity contribution in [3.05, 3.63) is 29.3 Å². The molecule has 2 N–H and O–H groups in total. The number of halogens is 2. The Morgan fingerprint density at radius 3 is 2.72 bits per heavy atom. The smallest absolute Gasteiger partial charge is 0.347 e. The number of anilines is 1. The molecule has 0 spiro atoms. The highest BCUT2D eigenvalue weighted by atomic mass is 19.1. The Morgan fingerprint density at radius 1 is 1.39 bits per heavy atom. The normalized spacial score (nSPS) is 18.6. The van der Waals surface area contributed by atoms with E-state index in [9.17, 15) is 18.4 Å². The van der Waals surface area contributed by atoms with Crippen molar-refractivity contribution in [1.82, 2.24) is 0 Å². The molecule has 96 valence electrons. The van der Waals surface area contributed by atoms with Gasteiger partial charge < -0.3 is 15.2 Å². The number of carbonyl (C=O) groups excluding carboxylic acids is 2. The lowest BCUT2D eigenvalue weighted by molar-refractivity contribution is -0.145. The van der Waals surface area contributed by atoms with E-state index >= 15 is 0 Å². The van der Waals surface area contributed by atoms with Crippen LogP contribution in [0.4, 0.5) is 14.5 Å². The van der Waals surface area contributed by atoms with Gasteiger partial charge in [0.2, 0.25) is 6.10 Å². The number of esters is 2. The topological polar surface area (TPSA) is 78.6 Å². The Bertz CT molecular complexity index is 518. The lowest BCUT2D eigenvalue weighted by atomic mass is 10.2. The van der Waals surface area contributed by atoms with Crippen molar-refractivity contribution >= 4 is 17.6 Å². The molecule has 1 aliphatic rings. The van der Waals surface area contributed by atoms with Crippen LogP contribution in [0.5, 0.6) is 0 Å². The van der Waals surface area contributed by atoms with Crippen LogP contribution in [0.1, 0.15) is 16.8 Å². The first-order valence-electron chi connectivity index (χ1n) is 5.11. The Kier molecular flexibility index (Phi) is 3.14. The first-order chi connectivity index (χ1) is 8.49. The minimum absolute atomic E-state index is 0.134. The summed E-state index contributed by atoms with van der Waals surface area (Å²) in [5.41, 5.74) is 4.11. The number of hydrogen-bond acceptors (Lipinski definition) is 5. The minimum atomic E-state index is -1.13. The lowest BCUT2D eigenvalue weighted by Crippen LogP contribution is -2.23. The molecular weight excluding hydrogens is 248 g/mol. The van der Waals surface area contributed by atoms with Crippen LogP contribution in [0.25, 0.3) is 0 Å². The third-order valence-corrected chi connectivity index (χ3v) is 2.44. The molecule has 5 nitrogen and oxygen atoms in total. The van der Waals surface area contributed by atoms with Crippen LogP contribution in [-0.2, 0) is 14.3 Å². The van der Waals surface area contributed by atoms with E-state index < -0.39 is 40.9 Å². The van der Waals surface area contributed by atoms with Crippen molar-refractivity contribution in [2.45, 2.75) is 12.5 Å². The van der Waals surface area contributed by atoms with E-state index in [4.69, 9.17) is 10.5 Å². The van der Waals surface area contributed by atoms with Gasteiger partial charge in [-0.1, -0.05) is 0 Å². The molecule has 1 fully saturated rings. The maximum atomic E-state index is 13.4. The van der Waals surface area contributed by atoms with Gasteiger partial charge in [0.05, 0.1) is 17.9 Å². The Balaban J connectivity index is 2.18. The zero-order valence-corrected chi connectivity index (χ0v) is 9.11. The minimum Gasteiger partial charge on any atom is -0.463 e. The molecule has 1 aromatic rings. The SMILES string of the molecule is Nc1cc(F)c(C(=O)OC2CCOC2=O)cc1F. The van der Waals surface area contributed by atoms with Crippen LogP contribution in [-0.4, -0.2) is 24.6 Å². The monoisotopic (exact) mass is 257 g/mol. The number of nitrogen functional groups attached to an aromatic ring is 1. The van der Waals surface area contributed by atoms with Gasteiger partial charge in [0, 0.05) is 12.5 Å². The van der Waals surface area contributed by atoms with E-state index in [2.05, 4.69) is 4.74 Å². The molecular formula is C11H9F2NO4. The molecule has 2 rings (SSSR count). The van der Waals surface area contributed by atoms with E-state index in [1.54, 1.807) is 0 Å². The standard InChI is InChI=1S/C11H9F2NO4/c12-6-4-8(14)7(13)3-5(6)10(15)18-9-1-2-17-11(9)16/h3-4,9H,1-2,14H2. The van der Waals surface area contributed by atoms with Crippen LogP contribution in [0.2, 0.25) is 0 Å². The predicted molar refractivity (Wildman–Crippen MR) is 55.5 cm³/mol. The van der Waals surface area contributed by atoms with E-state index in [0.717, 1.165) is 0 Å². The predicted octanol–water partition coefficient (Wildman–Crippen LogP) is 1.02. The number of cyclic esters (lactones) is 1. The molecule has 1 heterocycles. The maximum absolute atomic E-state index is 13.4. The van der Waals surface area contributed by atoms with Gasteiger partial charge in [-0.25, -0.2) is 18.4 Å². The Morgan fingerprint density at radius 2 is 2.11 bits per heavy atom. The summed E-state index contributed by atoms with van der Waals surface area (Å²) < 4.78 is 35.8. The number of ether oxygens (including phenoxy) is 2. The first-order valence-corrected chi connectivity index (χ1v) is 5.11. The zero-order valence-electron chi connectivity index (χ0n) is 9.11. The van der Waals surface area contributed by atoms with Gasteiger partial charge in [-0.3, -0.25) is 0 Å². The van der Waals surface area contributed by atoms with E-state index in [0.29, 0.717) is 12.1 Å². The highest BCUT2D eigenvalue weighted by Crippen LogP contribution is 2.19. The molecule has 1 aliphatic heterocycles. The number of benzene rings is 1. The average Bonchev–Trinajstić information content (AvgIpc) is 2.69. The number of rotatable bonds is 2. The summed E-state index contributed by atoms with van der Waals surface area (Å²) in [6.45, 7) is 0.134. The molecule has 7 heteroatoms. The number of nitrogens with two attached hydrogens (primary N) is 1. The van der Waals surface area contributed by atoms with Gasteiger partial charge in [0.15, 0.2) is 0 Å². The summed E-state index contributed by atoms with van der Waals surface area (Å²) in [6.07, 6.45) is -0.874. The second-order valence-corrected chi connectivity index (χ2v) is 3.70. The Labute approximate surface area is 100 Å². The highest BCUT2D eigenvalue weighted by Gasteiger charge is 2.31. The first kappa shape index (κ1) is 12.3. The average molecular weight is 257 g/mol. The molecule has 0 amide bonds. The van der Waals surface area contributed by atoms with Gasteiger partial charge in [0.1, 0.15) is 11.6 Å². The third kappa shape index (κ3) is 2.24. The summed E-state index contributed by atoms with van der Waals surface area (Å²) in [5.74, 6) is -3.77. The molecule has 0 bridgehead atoms. The van der Waals surface area contributed by atoms with Gasteiger partial charge >= 0.3 is 11.9 Å². The summed E-state index contributed by atoms with van der Waals surface area (Å²) in [7, 11) is 0. The second kappa shape index (κ2) is 4.59. The molecule has 1 aromatic carbocycles. The van der Waals surface area contributed by atoms with Crippen LogP contribution >= 0.6 is 0 Å². The van der Waals surface area contributed by atoms with Crippen LogP contribution in [0, 0.1) is 11.6 Å². The maximum Gasteiger partial charge on any atom is 0.347 e. The summed E-state index contributed by atoms with van der Waals surface area (Å²) in [6, 6.07) is 1.31. The quantitative estimate of drug-likeness (QED) is 0.632. The fourth-order valence-electron chi connectivity index (χ4n) is 1.50. The fourth-order valence-corrected chi connectivity index (χ4v) is 1.50. The summed E-state index contributed by atoms with van der Waals surface area (Å²) in [5, 5.41) is 0. The second-order valence-electron chi connectivity index (χ2n) is 3.70. The van der Waals surface area contributed by atoms with Gasteiger partial charge in [0.25, 0.3) is 0 Å². The molecule has 0 radical (unpaired) electrons. The zero-order chi connectivity index (χ0) is 13.3. The van der Waals surface area contributed by atoms with Crippen LogP contribution < -0.4 is 5.73 Å². The molecule has 0 saturated carbocycles. The largest absolute Gasteiger partial charge is 0.463 e. The van der Waals surface area contributed by atoms with E-state index in [-0.39, 0.29) is 13.0 Å². The van der Waals surface area contributed by atoms with Gasteiger partial charge in [-0.05, 0) is 6.07 Å². The van der Waals surface area contributed by atoms with Gasteiger partial charge in [-0.15, -0.1) is 0 Å². The number of hydrogen-bond donors (Lipinski definition) is 1. The molecule has 1 atom stereocenters. The van der Waals surface area contributed by atoms with Crippen LogP contribution in [0.15, 0.2) is 12.1 Å². The highest BCUT2D eigenvalue weighted by molar-refractivity contribution is 5.92. The van der Waals surface area contributed by atoms with Crippen molar-refractivity contribution in [3.8, 4) is 0 Å². The number of carbonyl (C=O) groups is 2. The van der Waals surface area contributed by atoms with Gasteiger partial charge in [-0.2, -0.15) is 0 Å².